The summed E-state index contributed by atoms with van der Waals surface area (Å²) in [7, 11) is 0. The summed E-state index contributed by atoms with van der Waals surface area (Å²) in [6, 6.07) is 0. The van der Waals surface area contributed by atoms with Crippen LogP contribution in [0, 0.1) is 0 Å². The second-order valence-corrected chi connectivity index (χ2v) is 3.96. The van der Waals surface area contributed by atoms with Crippen molar-refractivity contribution in [2.45, 2.75) is 38.8 Å². The van der Waals surface area contributed by atoms with Crippen molar-refractivity contribution in [3.63, 3.8) is 0 Å². The van der Waals surface area contributed by atoms with Gasteiger partial charge in [-0.3, -0.25) is 0 Å². The van der Waals surface area contributed by atoms with Crippen LogP contribution in [0.4, 0.5) is 13.2 Å². The number of unbranched alkanes of at least 4 members (excludes halogenated alkanes) is 1. The van der Waals surface area contributed by atoms with E-state index in [0.717, 1.165) is 22.8 Å². The number of hydrogen-bond donors (Lipinski definition) is 0. The predicted molar refractivity (Wildman–Crippen MR) is 52.3 cm³/mol. The maximum absolute atomic E-state index is 11.7. The number of allylic oxidation sites excluding steroid dienone is 2. The first kappa shape index (κ1) is 12.3. The van der Waals surface area contributed by atoms with Crippen LogP contribution < -0.4 is 0 Å². The van der Waals surface area contributed by atoms with Gasteiger partial charge in [-0.15, -0.1) is 0 Å². The molecule has 0 fully saturated rings. The molecule has 0 rings (SSSR count). The molecule has 72 valence electrons. The average Bonchev–Trinajstić information content (AvgIpc) is 1.95. The Bertz CT molecular complexity index is 149. The van der Waals surface area contributed by atoms with Crippen LogP contribution in [0.2, 0.25) is 0 Å². The summed E-state index contributed by atoms with van der Waals surface area (Å²) in [4.78, 5) is 0. The van der Waals surface area contributed by atoms with E-state index in [1.807, 2.05) is 29.5 Å². The molecule has 0 aromatic carbocycles. The molecule has 12 heavy (non-hydrogen) atoms. The van der Waals surface area contributed by atoms with Gasteiger partial charge in [0.15, 0.2) is 0 Å². The molecule has 0 aliphatic heterocycles. The van der Waals surface area contributed by atoms with Crippen molar-refractivity contribution in [3.8, 4) is 0 Å². The van der Waals surface area contributed by atoms with E-state index in [2.05, 4.69) is 0 Å². The zero-order valence-corrected chi connectivity index (χ0v) is 9.08. The first-order chi connectivity index (χ1) is 5.45. The molecule has 0 amide bonds. The van der Waals surface area contributed by atoms with Gasteiger partial charge in [-0.2, -0.15) is 13.2 Å². The third-order valence-corrected chi connectivity index (χ3v) is 2.30. The van der Waals surface area contributed by atoms with Crippen molar-refractivity contribution in [2.24, 2.45) is 0 Å². The molecule has 0 aliphatic carbocycles. The monoisotopic (exact) mass is 292 g/mol. The summed E-state index contributed by atoms with van der Waals surface area (Å²) in [5.41, 5.74) is 0. The molecule has 0 spiro atoms. The largest absolute Gasteiger partial charge is 0.392 e. The fourth-order valence-electron chi connectivity index (χ4n) is 0.674. The van der Waals surface area contributed by atoms with E-state index in [4.69, 9.17) is 0 Å². The summed E-state index contributed by atoms with van der Waals surface area (Å²) in [5, 5.41) is 0. The minimum Gasteiger partial charge on any atom is -0.171 e. The predicted octanol–water partition coefficient (Wildman–Crippen LogP) is 4.45. The fraction of sp³-hybridized carbons (Fsp3) is 0.750. The van der Waals surface area contributed by atoms with E-state index in [-0.39, 0.29) is 0 Å². The van der Waals surface area contributed by atoms with Crippen LogP contribution in [0.1, 0.15) is 32.6 Å². The van der Waals surface area contributed by atoms with E-state index < -0.39 is 12.6 Å². The number of rotatable bonds is 4. The van der Waals surface area contributed by atoms with Crippen LogP contribution in [0.3, 0.4) is 0 Å². The molecular weight excluding hydrogens is 280 g/mol. The van der Waals surface area contributed by atoms with Gasteiger partial charge in [0, 0.05) is 0 Å². The van der Waals surface area contributed by atoms with Crippen molar-refractivity contribution in [2.75, 3.05) is 0 Å². The molecule has 0 radical (unpaired) electrons. The lowest BCUT2D eigenvalue weighted by Gasteiger charge is -2.02. The lowest BCUT2D eigenvalue weighted by atomic mass is 10.2. The molecule has 0 atom stereocenters. The molecule has 0 heterocycles. The minimum atomic E-state index is -4.05. The summed E-state index contributed by atoms with van der Waals surface area (Å²) in [5.74, 6) is 0. The van der Waals surface area contributed by atoms with Gasteiger partial charge in [-0.05, 0) is 39.0 Å². The molecule has 0 bridgehead atoms. The standard InChI is InChI=1S/C8H12F3I/c1-2-3-4-7(12)5-6-8(9,10)11/h5H,2-4,6H2,1H3/b7-5-. The second kappa shape index (κ2) is 5.83. The molecule has 0 aliphatic rings. The van der Waals surface area contributed by atoms with Crippen LogP contribution in [-0.4, -0.2) is 6.18 Å². The van der Waals surface area contributed by atoms with E-state index in [0.29, 0.717) is 0 Å². The van der Waals surface area contributed by atoms with Crippen molar-refractivity contribution in [1.29, 1.82) is 0 Å². The zero-order chi connectivity index (χ0) is 9.61. The SMILES string of the molecule is CCCC/C(I)=C/CC(F)(F)F. The maximum atomic E-state index is 11.7. The Morgan fingerprint density at radius 3 is 2.42 bits per heavy atom. The average molecular weight is 292 g/mol. The Kier molecular flexibility index (Phi) is 5.96. The smallest absolute Gasteiger partial charge is 0.171 e. The van der Waals surface area contributed by atoms with E-state index in [1.54, 1.807) is 0 Å². The molecule has 0 saturated heterocycles. The summed E-state index contributed by atoms with van der Waals surface area (Å²) >= 11 is 1.97. The summed E-state index contributed by atoms with van der Waals surface area (Å²) < 4.78 is 35.9. The van der Waals surface area contributed by atoms with Crippen molar-refractivity contribution < 1.29 is 13.2 Å². The maximum Gasteiger partial charge on any atom is 0.392 e. The van der Waals surface area contributed by atoms with Gasteiger partial charge < -0.3 is 0 Å². The van der Waals surface area contributed by atoms with Crippen LogP contribution in [0.15, 0.2) is 9.66 Å². The number of hydrogen-bond acceptors (Lipinski definition) is 0. The molecule has 0 N–H and O–H groups in total. The Morgan fingerprint density at radius 2 is 2.00 bits per heavy atom. The number of halogens is 4. The highest BCUT2D eigenvalue weighted by atomic mass is 127. The third kappa shape index (κ3) is 8.36. The fourth-order valence-corrected chi connectivity index (χ4v) is 1.28. The van der Waals surface area contributed by atoms with E-state index in [9.17, 15) is 13.2 Å². The first-order valence-electron chi connectivity index (χ1n) is 3.87. The van der Waals surface area contributed by atoms with Crippen LogP contribution in [-0.2, 0) is 0 Å². The molecule has 0 unspecified atom stereocenters. The van der Waals surface area contributed by atoms with Gasteiger partial charge in [0.25, 0.3) is 0 Å². The normalized spacial score (nSPS) is 13.6. The lowest BCUT2D eigenvalue weighted by molar-refractivity contribution is -0.125. The lowest BCUT2D eigenvalue weighted by Crippen LogP contribution is -2.04. The third-order valence-electron chi connectivity index (χ3n) is 1.32. The van der Waals surface area contributed by atoms with Crippen molar-refractivity contribution >= 4 is 22.6 Å². The molecule has 0 saturated carbocycles. The van der Waals surface area contributed by atoms with Gasteiger partial charge in [-0.25, -0.2) is 0 Å². The Hall–Kier alpha value is 0.260. The number of alkyl halides is 3. The minimum absolute atomic E-state index is 0.771. The van der Waals surface area contributed by atoms with Gasteiger partial charge >= 0.3 is 6.18 Å². The highest BCUT2D eigenvalue weighted by molar-refractivity contribution is 14.1. The van der Waals surface area contributed by atoms with Crippen LogP contribution >= 0.6 is 22.6 Å². The quantitative estimate of drug-likeness (QED) is 0.672. The molecule has 4 heteroatoms. The highest BCUT2D eigenvalue weighted by Gasteiger charge is 2.24. The van der Waals surface area contributed by atoms with Gasteiger partial charge in [0.1, 0.15) is 0 Å². The van der Waals surface area contributed by atoms with Gasteiger partial charge in [0.2, 0.25) is 0 Å². The second-order valence-electron chi connectivity index (χ2n) is 2.57. The Morgan fingerprint density at radius 1 is 1.42 bits per heavy atom. The Balaban J connectivity index is 3.69. The summed E-state index contributed by atoms with van der Waals surface area (Å²) in [6.07, 6.45) is -0.833. The van der Waals surface area contributed by atoms with Crippen molar-refractivity contribution in [3.05, 3.63) is 9.66 Å². The van der Waals surface area contributed by atoms with E-state index in [1.165, 1.54) is 6.08 Å². The van der Waals surface area contributed by atoms with Crippen LogP contribution in [0.5, 0.6) is 0 Å². The van der Waals surface area contributed by atoms with E-state index >= 15 is 0 Å². The topological polar surface area (TPSA) is 0 Å². The molecule has 0 nitrogen and oxygen atoms in total. The highest BCUT2D eigenvalue weighted by Crippen LogP contribution is 2.24. The van der Waals surface area contributed by atoms with Crippen molar-refractivity contribution in [1.82, 2.24) is 0 Å². The summed E-state index contributed by atoms with van der Waals surface area (Å²) in [6.45, 7) is 2.02. The Labute approximate surface area is 84.4 Å². The van der Waals surface area contributed by atoms with Gasteiger partial charge in [-0.1, -0.05) is 19.4 Å². The zero-order valence-electron chi connectivity index (χ0n) is 6.92. The molecular formula is C8H12F3I. The van der Waals surface area contributed by atoms with Crippen LogP contribution in [0.25, 0.3) is 0 Å². The van der Waals surface area contributed by atoms with Gasteiger partial charge in [0.05, 0.1) is 6.42 Å². The molecule has 0 aromatic rings. The first-order valence-corrected chi connectivity index (χ1v) is 4.95. The molecule has 0 aromatic heterocycles.